The van der Waals surface area contributed by atoms with Crippen LogP contribution in [-0.4, -0.2) is 82.3 Å². The number of aliphatic hydroxyl groups is 1. The molecule has 1 aliphatic heterocycles. The zero-order chi connectivity index (χ0) is 23.6. The lowest BCUT2D eigenvalue weighted by atomic mass is 10.0. The maximum absolute atomic E-state index is 12.8. The van der Waals surface area contributed by atoms with Gasteiger partial charge in [-0.25, -0.2) is 4.79 Å². The van der Waals surface area contributed by atoms with Crippen LogP contribution in [0.2, 0.25) is 0 Å². The van der Waals surface area contributed by atoms with E-state index in [-0.39, 0.29) is 25.2 Å². The molecule has 3 amide bonds. The second-order valence-corrected chi connectivity index (χ2v) is 7.92. The van der Waals surface area contributed by atoms with Crippen LogP contribution < -0.4 is 21.3 Å². The van der Waals surface area contributed by atoms with Gasteiger partial charge in [-0.3, -0.25) is 19.2 Å². The minimum Gasteiger partial charge on any atom is -0.481 e. The maximum atomic E-state index is 12.8. The number of amides is 3. The van der Waals surface area contributed by atoms with Crippen LogP contribution in [0.1, 0.15) is 46.0 Å². The van der Waals surface area contributed by atoms with Crippen molar-refractivity contribution in [2.24, 2.45) is 5.92 Å². The van der Waals surface area contributed by atoms with Gasteiger partial charge in [-0.05, 0) is 38.1 Å². The summed E-state index contributed by atoms with van der Waals surface area (Å²) >= 11 is 0. The molecule has 1 fully saturated rings. The summed E-state index contributed by atoms with van der Waals surface area (Å²) in [4.78, 5) is 59.7. The predicted octanol–water partition coefficient (Wildman–Crippen LogP) is -1.82. The molecule has 0 saturated carbocycles. The summed E-state index contributed by atoms with van der Waals surface area (Å²) < 4.78 is 0. The molecule has 7 N–H and O–H groups in total. The number of hydrogen-bond donors (Lipinski definition) is 7. The first-order valence-electron chi connectivity index (χ1n) is 10.2. The van der Waals surface area contributed by atoms with Crippen LogP contribution in [-0.2, 0) is 24.0 Å². The summed E-state index contributed by atoms with van der Waals surface area (Å²) in [5, 5.41) is 37.2. The van der Waals surface area contributed by atoms with E-state index in [1.807, 2.05) is 0 Å². The van der Waals surface area contributed by atoms with Crippen LogP contribution in [0.5, 0.6) is 0 Å². The molecule has 0 aromatic carbocycles. The van der Waals surface area contributed by atoms with Crippen molar-refractivity contribution in [3.63, 3.8) is 0 Å². The molecular weight excluding hydrogens is 412 g/mol. The van der Waals surface area contributed by atoms with Crippen LogP contribution >= 0.6 is 0 Å². The SMILES string of the molecule is CC(C)CC(NC(=O)C(CCC(=O)O)NC(=O)C1CCCN1)C(=O)NC(CO)C(=O)O. The first-order chi connectivity index (χ1) is 14.5. The summed E-state index contributed by atoms with van der Waals surface area (Å²) in [6, 6.07) is -4.32. The fourth-order valence-corrected chi connectivity index (χ4v) is 3.15. The van der Waals surface area contributed by atoms with Gasteiger partial charge in [-0.2, -0.15) is 0 Å². The molecule has 0 aliphatic carbocycles. The number of rotatable bonds is 13. The third-order valence-electron chi connectivity index (χ3n) is 4.79. The monoisotopic (exact) mass is 444 g/mol. The standard InChI is InChI=1S/C19H32N4O8/c1-10(2)8-13(18(29)23-14(9-24)19(30)31)22-17(28)12(5-6-15(25)26)21-16(27)11-4-3-7-20-11/h10-14,20,24H,3-9H2,1-2H3,(H,21,27)(H,22,28)(H,23,29)(H,25,26)(H,30,31). The summed E-state index contributed by atoms with van der Waals surface area (Å²) in [6.45, 7) is 3.43. The summed E-state index contributed by atoms with van der Waals surface area (Å²) in [6.07, 6.45) is 1.01. The number of carboxylic acids is 2. The molecule has 1 aliphatic rings. The minimum atomic E-state index is -1.53. The quantitative estimate of drug-likeness (QED) is 0.171. The van der Waals surface area contributed by atoms with E-state index in [1.165, 1.54) is 0 Å². The van der Waals surface area contributed by atoms with Crippen LogP contribution in [0, 0.1) is 5.92 Å². The molecule has 0 radical (unpaired) electrons. The number of aliphatic carboxylic acids is 2. The van der Waals surface area contributed by atoms with E-state index in [0.717, 1.165) is 6.42 Å². The third-order valence-corrected chi connectivity index (χ3v) is 4.79. The Morgan fingerprint density at radius 3 is 2.06 bits per heavy atom. The molecule has 0 bridgehead atoms. The normalized spacial score (nSPS) is 18.6. The molecular formula is C19H32N4O8. The highest BCUT2D eigenvalue weighted by molar-refractivity contribution is 5.94. The summed E-state index contributed by atoms with van der Waals surface area (Å²) in [5.74, 6) is -4.60. The first-order valence-corrected chi connectivity index (χ1v) is 10.2. The zero-order valence-electron chi connectivity index (χ0n) is 17.7. The predicted molar refractivity (Wildman–Crippen MR) is 108 cm³/mol. The second kappa shape index (κ2) is 12.8. The van der Waals surface area contributed by atoms with E-state index in [9.17, 15) is 24.0 Å². The molecule has 12 nitrogen and oxygen atoms in total. The highest BCUT2D eigenvalue weighted by atomic mass is 16.4. The minimum absolute atomic E-state index is 0.0526. The van der Waals surface area contributed by atoms with Gasteiger partial charge in [0.1, 0.15) is 18.1 Å². The van der Waals surface area contributed by atoms with Crippen LogP contribution in [0.3, 0.4) is 0 Å². The number of aliphatic hydroxyl groups excluding tert-OH is 1. The lowest BCUT2D eigenvalue weighted by Crippen LogP contribution is -2.57. The molecule has 176 valence electrons. The van der Waals surface area contributed by atoms with Gasteiger partial charge in [0.05, 0.1) is 12.6 Å². The van der Waals surface area contributed by atoms with Gasteiger partial charge in [-0.15, -0.1) is 0 Å². The topological polar surface area (TPSA) is 194 Å². The molecule has 1 saturated heterocycles. The zero-order valence-corrected chi connectivity index (χ0v) is 17.7. The average Bonchev–Trinajstić information content (AvgIpc) is 3.22. The fraction of sp³-hybridized carbons (Fsp3) is 0.737. The van der Waals surface area contributed by atoms with Crippen molar-refractivity contribution in [3.8, 4) is 0 Å². The van der Waals surface area contributed by atoms with Crippen LogP contribution in [0.25, 0.3) is 0 Å². The number of nitrogens with one attached hydrogen (secondary N) is 4. The number of carboxylic acid groups (broad SMARTS) is 2. The van der Waals surface area contributed by atoms with E-state index in [0.29, 0.717) is 13.0 Å². The van der Waals surface area contributed by atoms with Crippen molar-refractivity contribution in [2.45, 2.75) is 70.1 Å². The second-order valence-electron chi connectivity index (χ2n) is 7.92. The molecule has 12 heteroatoms. The molecule has 0 aromatic rings. The van der Waals surface area contributed by atoms with Crippen molar-refractivity contribution in [3.05, 3.63) is 0 Å². The first kappa shape index (κ1) is 26.3. The van der Waals surface area contributed by atoms with Crippen LogP contribution in [0.15, 0.2) is 0 Å². The summed E-state index contributed by atoms with van der Waals surface area (Å²) in [7, 11) is 0. The van der Waals surface area contributed by atoms with Gasteiger partial charge in [-0.1, -0.05) is 13.8 Å². The molecule has 31 heavy (non-hydrogen) atoms. The Kier molecular flexibility index (Phi) is 10.9. The van der Waals surface area contributed by atoms with Crippen molar-refractivity contribution in [2.75, 3.05) is 13.2 Å². The molecule has 0 spiro atoms. The smallest absolute Gasteiger partial charge is 0.328 e. The average molecular weight is 444 g/mol. The van der Waals surface area contributed by atoms with Gasteiger partial charge in [0.2, 0.25) is 17.7 Å². The number of hydrogen-bond acceptors (Lipinski definition) is 7. The Labute approximate surface area is 180 Å². The van der Waals surface area contributed by atoms with Crippen molar-refractivity contribution in [1.82, 2.24) is 21.3 Å². The van der Waals surface area contributed by atoms with Gasteiger partial charge >= 0.3 is 11.9 Å². The van der Waals surface area contributed by atoms with Gasteiger partial charge in [0, 0.05) is 6.42 Å². The maximum Gasteiger partial charge on any atom is 0.328 e. The molecule has 1 rings (SSSR count). The number of carbonyl (C=O) groups excluding carboxylic acids is 3. The van der Waals surface area contributed by atoms with Crippen molar-refractivity contribution in [1.29, 1.82) is 0 Å². The van der Waals surface area contributed by atoms with Gasteiger partial charge < -0.3 is 36.6 Å². The van der Waals surface area contributed by atoms with Crippen molar-refractivity contribution >= 4 is 29.7 Å². The Morgan fingerprint density at radius 2 is 1.58 bits per heavy atom. The lowest BCUT2D eigenvalue weighted by molar-refractivity contribution is -0.143. The highest BCUT2D eigenvalue weighted by Crippen LogP contribution is 2.09. The molecule has 4 atom stereocenters. The Balaban J connectivity index is 2.90. The molecule has 0 aromatic heterocycles. The van der Waals surface area contributed by atoms with E-state index >= 15 is 0 Å². The van der Waals surface area contributed by atoms with Gasteiger partial charge in [0.15, 0.2) is 0 Å². The molecule has 1 heterocycles. The number of carbonyl (C=O) groups is 5. The molecule has 4 unspecified atom stereocenters. The van der Waals surface area contributed by atoms with Crippen LogP contribution in [0.4, 0.5) is 0 Å². The third kappa shape index (κ3) is 9.30. The Hall–Kier alpha value is -2.73. The summed E-state index contributed by atoms with van der Waals surface area (Å²) in [5.41, 5.74) is 0. The Bertz CT molecular complexity index is 663. The largest absolute Gasteiger partial charge is 0.481 e. The fourth-order valence-electron chi connectivity index (χ4n) is 3.15. The van der Waals surface area contributed by atoms with E-state index in [4.69, 9.17) is 15.3 Å². The van der Waals surface area contributed by atoms with E-state index in [2.05, 4.69) is 21.3 Å². The van der Waals surface area contributed by atoms with E-state index in [1.54, 1.807) is 13.8 Å². The lowest BCUT2D eigenvalue weighted by Gasteiger charge is -2.25. The van der Waals surface area contributed by atoms with Gasteiger partial charge in [0.25, 0.3) is 0 Å². The Morgan fingerprint density at radius 1 is 0.968 bits per heavy atom. The van der Waals surface area contributed by atoms with Crippen molar-refractivity contribution < 1.29 is 39.3 Å². The highest BCUT2D eigenvalue weighted by Gasteiger charge is 2.31. The van der Waals surface area contributed by atoms with E-state index < -0.39 is 60.4 Å².